The summed E-state index contributed by atoms with van der Waals surface area (Å²) in [4.78, 5) is 14.2. The van der Waals surface area contributed by atoms with Gasteiger partial charge >= 0.3 is 0 Å². The highest BCUT2D eigenvalue weighted by molar-refractivity contribution is 5.78. The normalized spacial score (nSPS) is 18.5. The summed E-state index contributed by atoms with van der Waals surface area (Å²) < 4.78 is 5.27. The molecule has 1 rings (SSSR count). The van der Waals surface area contributed by atoms with Crippen LogP contribution in [0, 0.1) is 5.92 Å². The Morgan fingerprint density at radius 1 is 1.25 bits per heavy atom. The van der Waals surface area contributed by atoms with E-state index < -0.39 is 0 Å². The minimum atomic E-state index is 0.240. The lowest BCUT2D eigenvalue weighted by Crippen LogP contribution is -2.43. The van der Waals surface area contributed by atoms with Crippen molar-refractivity contribution in [3.05, 3.63) is 0 Å². The van der Waals surface area contributed by atoms with Crippen LogP contribution in [0.15, 0.2) is 0 Å². The summed E-state index contributed by atoms with van der Waals surface area (Å²) in [6.45, 7) is 7.29. The maximum Gasteiger partial charge on any atom is 0.225 e. The van der Waals surface area contributed by atoms with Crippen LogP contribution in [0.3, 0.4) is 0 Å². The van der Waals surface area contributed by atoms with E-state index in [1.807, 2.05) is 4.90 Å². The summed E-state index contributed by atoms with van der Waals surface area (Å²) in [5.41, 5.74) is 0. The molecular formula is C13H25NO2. The van der Waals surface area contributed by atoms with E-state index in [1.165, 1.54) is 19.3 Å². The van der Waals surface area contributed by atoms with Crippen LogP contribution < -0.4 is 0 Å². The SMILES string of the molecule is CCCCCC(CC)C(=O)N1CCOCC1. The molecule has 1 heterocycles. The number of carbonyl (C=O) groups excluding carboxylic acids is 1. The highest BCUT2D eigenvalue weighted by atomic mass is 16.5. The predicted octanol–water partition coefficient (Wildman–Crippen LogP) is 2.45. The summed E-state index contributed by atoms with van der Waals surface area (Å²) >= 11 is 0. The largest absolute Gasteiger partial charge is 0.378 e. The van der Waals surface area contributed by atoms with Crippen molar-refractivity contribution in [1.82, 2.24) is 4.90 Å². The van der Waals surface area contributed by atoms with Crippen molar-refractivity contribution < 1.29 is 9.53 Å². The van der Waals surface area contributed by atoms with Crippen LogP contribution in [-0.2, 0) is 9.53 Å². The van der Waals surface area contributed by atoms with Gasteiger partial charge in [-0.1, -0.05) is 33.1 Å². The molecule has 1 atom stereocenters. The molecule has 1 unspecified atom stereocenters. The molecule has 3 nitrogen and oxygen atoms in total. The summed E-state index contributed by atoms with van der Waals surface area (Å²) in [5.74, 6) is 0.589. The van der Waals surface area contributed by atoms with Crippen molar-refractivity contribution in [2.24, 2.45) is 5.92 Å². The number of rotatable bonds is 6. The third kappa shape index (κ3) is 4.12. The van der Waals surface area contributed by atoms with Gasteiger partial charge in [0.15, 0.2) is 0 Å². The molecule has 1 fully saturated rings. The average molecular weight is 227 g/mol. The molecule has 0 N–H and O–H groups in total. The first-order valence-electron chi connectivity index (χ1n) is 6.66. The van der Waals surface area contributed by atoms with Gasteiger partial charge in [0.05, 0.1) is 13.2 Å². The Labute approximate surface area is 99.1 Å². The van der Waals surface area contributed by atoms with Crippen molar-refractivity contribution in [3.63, 3.8) is 0 Å². The topological polar surface area (TPSA) is 29.5 Å². The Balaban J connectivity index is 2.35. The van der Waals surface area contributed by atoms with Crippen LogP contribution in [0.5, 0.6) is 0 Å². The number of unbranched alkanes of at least 4 members (excludes halogenated alkanes) is 2. The number of ether oxygens (including phenoxy) is 1. The standard InChI is InChI=1S/C13H25NO2/c1-3-5-6-7-12(4-2)13(15)14-8-10-16-11-9-14/h12H,3-11H2,1-2H3. The zero-order valence-corrected chi connectivity index (χ0v) is 10.7. The van der Waals surface area contributed by atoms with E-state index in [4.69, 9.17) is 4.74 Å². The van der Waals surface area contributed by atoms with Crippen molar-refractivity contribution in [3.8, 4) is 0 Å². The zero-order chi connectivity index (χ0) is 11.8. The Morgan fingerprint density at radius 3 is 2.50 bits per heavy atom. The molecule has 3 heteroatoms. The molecule has 0 aromatic heterocycles. The van der Waals surface area contributed by atoms with Crippen molar-refractivity contribution in [2.45, 2.75) is 46.0 Å². The fourth-order valence-electron chi connectivity index (χ4n) is 2.18. The van der Waals surface area contributed by atoms with Gasteiger partial charge in [-0.25, -0.2) is 0 Å². The summed E-state index contributed by atoms with van der Waals surface area (Å²) in [6, 6.07) is 0. The highest BCUT2D eigenvalue weighted by Gasteiger charge is 2.23. The van der Waals surface area contributed by atoms with Gasteiger partial charge in [0.1, 0.15) is 0 Å². The Bertz CT molecular complexity index is 200. The quantitative estimate of drug-likeness (QED) is 0.652. The van der Waals surface area contributed by atoms with Crippen molar-refractivity contribution in [1.29, 1.82) is 0 Å². The van der Waals surface area contributed by atoms with Crippen LogP contribution in [0.4, 0.5) is 0 Å². The first-order valence-corrected chi connectivity index (χ1v) is 6.66. The fourth-order valence-corrected chi connectivity index (χ4v) is 2.18. The number of morpholine rings is 1. The third-order valence-corrected chi connectivity index (χ3v) is 3.32. The molecule has 0 spiro atoms. The second-order valence-electron chi connectivity index (χ2n) is 4.54. The Hall–Kier alpha value is -0.570. The van der Waals surface area contributed by atoms with Gasteiger partial charge in [0, 0.05) is 19.0 Å². The molecule has 1 aliphatic rings. The molecule has 16 heavy (non-hydrogen) atoms. The minimum Gasteiger partial charge on any atom is -0.378 e. The van der Waals surface area contributed by atoms with Gasteiger partial charge in [-0.15, -0.1) is 0 Å². The predicted molar refractivity (Wildman–Crippen MR) is 65.3 cm³/mol. The minimum absolute atomic E-state index is 0.240. The number of hydrogen-bond acceptors (Lipinski definition) is 2. The second-order valence-corrected chi connectivity index (χ2v) is 4.54. The maximum atomic E-state index is 12.2. The molecule has 0 aromatic rings. The smallest absolute Gasteiger partial charge is 0.225 e. The molecule has 0 aliphatic carbocycles. The zero-order valence-electron chi connectivity index (χ0n) is 10.7. The molecule has 94 valence electrons. The molecule has 0 aromatic carbocycles. The summed E-state index contributed by atoms with van der Waals surface area (Å²) in [5, 5.41) is 0. The van der Waals surface area contributed by atoms with E-state index in [9.17, 15) is 4.79 Å². The number of amides is 1. The van der Waals surface area contributed by atoms with Gasteiger partial charge in [-0.2, -0.15) is 0 Å². The van der Waals surface area contributed by atoms with Gasteiger partial charge in [0.25, 0.3) is 0 Å². The van der Waals surface area contributed by atoms with E-state index in [0.717, 1.165) is 25.9 Å². The van der Waals surface area contributed by atoms with Gasteiger partial charge < -0.3 is 9.64 Å². The lowest BCUT2D eigenvalue weighted by Gasteiger charge is -2.30. The van der Waals surface area contributed by atoms with Crippen LogP contribution >= 0.6 is 0 Å². The van der Waals surface area contributed by atoms with Gasteiger partial charge in [-0.3, -0.25) is 4.79 Å². The van der Waals surface area contributed by atoms with Crippen LogP contribution in [0.2, 0.25) is 0 Å². The molecule has 1 saturated heterocycles. The van der Waals surface area contributed by atoms with Crippen LogP contribution in [0.1, 0.15) is 46.0 Å². The van der Waals surface area contributed by atoms with Gasteiger partial charge in [0.2, 0.25) is 5.91 Å². The number of carbonyl (C=O) groups is 1. The summed E-state index contributed by atoms with van der Waals surface area (Å²) in [6.07, 6.45) is 5.68. The van der Waals surface area contributed by atoms with Crippen LogP contribution in [0.25, 0.3) is 0 Å². The van der Waals surface area contributed by atoms with E-state index in [0.29, 0.717) is 19.1 Å². The second kappa shape index (κ2) is 7.66. The molecule has 1 amide bonds. The molecular weight excluding hydrogens is 202 g/mol. The van der Waals surface area contributed by atoms with E-state index in [-0.39, 0.29) is 5.92 Å². The van der Waals surface area contributed by atoms with Crippen LogP contribution in [-0.4, -0.2) is 37.1 Å². The summed E-state index contributed by atoms with van der Waals surface area (Å²) in [7, 11) is 0. The number of nitrogens with zero attached hydrogens (tertiary/aromatic N) is 1. The fraction of sp³-hybridized carbons (Fsp3) is 0.923. The first-order chi connectivity index (χ1) is 7.79. The van der Waals surface area contributed by atoms with E-state index >= 15 is 0 Å². The lowest BCUT2D eigenvalue weighted by molar-refractivity contribution is -0.140. The van der Waals surface area contributed by atoms with Gasteiger partial charge in [-0.05, 0) is 12.8 Å². The third-order valence-electron chi connectivity index (χ3n) is 3.32. The Morgan fingerprint density at radius 2 is 1.94 bits per heavy atom. The highest BCUT2D eigenvalue weighted by Crippen LogP contribution is 2.17. The van der Waals surface area contributed by atoms with Crippen molar-refractivity contribution in [2.75, 3.05) is 26.3 Å². The number of hydrogen-bond donors (Lipinski definition) is 0. The molecule has 0 radical (unpaired) electrons. The first kappa shape index (κ1) is 13.5. The molecule has 0 saturated carbocycles. The average Bonchev–Trinajstić information content (AvgIpc) is 2.35. The van der Waals surface area contributed by atoms with E-state index in [2.05, 4.69) is 13.8 Å². The van der Waals surface area contributed by atoms with E-state index in [1.54, 1.807) is 0 Å². The monoisotopic (exact) mass is 227 g/mol. The molecule has 0 bridgehead atoms. The van der Waals surface area contributed by atoms with Crippen molar-refractivity contribution >= 4 is 5.91 Å². The Kier molecular flexibility index (Phi) is 6.46. The maximum absolute atomic E-state index is 12.2. The molecule has 1 aliphatic heterocycles. The lowest BCUT2D eigenvalue weighted by atomic mass is 9.97.